The maximum atomic E-state index is 12.5. The Bertz CT molecular complexity index is 800. The van der Waals surface area contributed by atoms with Crippen LogP contribution in [0.15, 0.2) is 48.5 Å². The summed E-state index contributed by atoms with van der Waals surface area (Å²) in [5.41, 5.74) is 1.94. The second kappa shape index (κ2) is 8.43. The van der Waals surface area contributed by atoms with E-state index in [4.69, 9.17) is 14.2 Å². The first kappa shape index (κ1) is 17.9. The van der Waals surface area contributed by atoms with Crippen LogP contribution in [-0.4, -0.2) is 37.7 Å². The van der Waals surface area contributed by atoms with Gasteiger partial charge in [0.2, 0.25) is 5.91 Å². The van der Waals surface area contributed by atoms with Gasteiger partial charge in [-0.05, 0) is 48.4 Å². The van der Waals surface area contributed by atoms with Gasteiger partial charge < -0.3 is 19.1 Å². The number of fused-ring (bicyclic) bond motifs is 1. The molecule has 0 atom stereocenters. The van der Waals surface area contributed by atoms with Crippen LogP contribution in [0.3, 0.4) is 0 Å². The Morgan fingerprint density at radius 2 is 1.96 bits per heavy atom. The van der Waals surface area contributed by atoms with Gasteiger partial charge in [-0.3, -0.25) is 4.79 Å². The molecule has 0 N–H and O–H groups in total. The van der Waals surface area contributed by atoms with E-state index in [1.807, 2.05) is 49.4 Å². The number of methoxy groups -OCH3 is 1. The molecule has 3 rings (SSSR count). The van der Waals surface area contributed by atoms with Crippen molar-refractivity contribution in [3.63, 3.8) is 0 Å². The van der Waals surface area contributed by atoms with E-state index in [1.165, 1.54) is 0 Å². The van der Waals surface area contributed by atoms with Gasteiger partial charge in [0.25, 0.3) is 0 Å². The third-order valence-electron chi connectivity index (χ3n) is 4.19. The van der Waals surface area contributed by atoms with Gasteiger partial charge in [-0.15, -0.1) is 0 Å². The third kappa shape index (κ3) is 4.36. The summed E-state index contributed by atoms with van der Waals surface area (Å²) < 4.78 is 16.4. The van der Waals surface area contributed by atoms with Crippen molar-refractivity contribution in [2.75, 3.05) is 26.9 Å². The number of nitrogens with zero attached hydrogens (tertiary/aromatic N) is 1. The lowest BCUT2D eigenvalue weighted by molar-refractivity contribution is -0.126. The van der Waals surface area contributed by atoms with E-state index in [1.54, 1.807) is 24.2 Å². The molecule has 0 saturated carbocycles. The number of ether oxygens (including phenoxy) is 3. The van der Waals surface area contributed by atoms with E-state index < -0.39 is 0 Å². The maximum absolute atomic E-state index is 12.5. The van der Waals surface area contributed by atoms with Crippen LogP contribution < -0.4 is 14.2 Å². The molecular formula is C21H23NO4. The largest absolute Gasteiger partial charge is 0.497 e. The number of likely N-dealkylation sites (N-methyl/N-ethyl adjacent to an activating group) is 1. The zero-order chi connectivity index (χ0) is 18.4. The zero-order valence-corrected chi connectivity index (χ0v) is 15.1. The summed E-state index contributed by atoms with van der Waals surface area (Å²) >= 11 is 0. The van der Waals surface area contributed by atoms with Crippen LogP contribution in [-0.2, 0) is 11.3 Å². The molecule has 1 amide bonds. The fraction of sp³-hybridized carbons (Fsp3) is 0.286. The number of benzene rings is 2. The Kier molecular flexibility index (Phi) is 5.79. The number of amides is 1. The number of hydrogen-bond donors (Lipinski definition) is 0. The standard InChI is InChI=1S/C21H23NO4/c1-3-22(15-17-7-9-19-20(14-17)26-12-11-25-19)21(23)10-8-16-5-4-6-18(13-16)24-2/h4-10,13-14H,3,11-12,15H2,1-2H3/b10-8+. The highest BCUT2D eigenvalue weighted by atomic mass is 16.6. The summed E-state index contributed by atoms with van der Waals surface area (Å²) in [6.07, 6.45) is 3.40. The van der Waals surface area contributed by atoms with Gasteiger partial charge in [0.1, 0.15) is 19.0 Å². The smallest absolute Gasteiger partial charge is 0.246 e. The van der Waals surface area contributed by atoms with Crippen LogP contribution in [0, 0.1) is 0 Å². The highest BCUT2D eigenvalue weighted by molar-refractivity contribution is 5.91. The minimum atomic E-state index is -0.0368. The van der Waals surface area contributed by atoms with Crippen molar-refractivity contribution in [3.05, 3.63) is 59.7 Å². The van der Waals surface area contributed by atoms with Gasteiger partial charge in [0, 0.05) is 19.2 Å². The molecule has 1 heterocycles. The van der Waals surface area contributed by atoms with Gasteiger partial charge in [0.05, 0.1) is 7.11 Å². The Morgan fingerprint density at radius 1 is 1.15 bits per heavy atom. The SMILES string of the molecule is CCN(Cc1ccc2c(c1)OCCO2)C(=O)/C=C/c1cccc(OC)c1. The molecule has 26 heavy (non-hydrogen) atoms. The predicted molar refractivity (Wildman–Crippen MR) is 101 cm³/mol. The number of carbonyl (C=O) groups is 1. The molecule has 0 bridgehead atoms. The third-order valence-corrected chi connectivity index (χ3v) is 4.19. The van der Waals surface area contributed by atoms with E-state index in [0.717, 1.165) is 28.4 Å². The van der Waals surface area contributed by atoms with Gasteiger partial charge in [-0.1, -0.05) is 18.2 Å². The van der Waals surface area contributed by atoms with Crippen molar-refractivity contribution >= 4 is 12.0 Å². The average Bonchev–Trinajstić information content (AvgIpc) is 2.70. The number of carbonyl (C=O) groups excluding carboxylic acids is 1. The van der Waals surface area contributed by atoms with Crippen molar-refractivity contribution in [2.45, 2.75) is 13.5 Å². The topological polar surface area (TPSA) is 48.0 Å². The van der Waals surface area contributed by atoms with E-state index in [-0.39, 0.29) is 5.91 Å². The average molecular weight is 353 g/mol. The highest BCUT2D eigenvalue weighted by Gasteiger charge is 2.14. The summed E-state index contributed by atoms with van der Waals surface area (Å²) in [6.45, 7) is 4.23. The molecule has 2 aromatic carbocycles. The van der Waals surface area contributed by atoms with Gasteiger partial charge in [-0.25, -0.2) is 0 Å². The lowest BCUT2D eigenvalue weighted by atomic mass is 10.1. The summed E-state index contributed by atoms with van der Waals surface area (Å²) in [4.78, 5) is 14.3. The van der Waals surface area contributed by atoms with Crippen LogP contribution in [0.5, 0.6) is 17.2 Å². The first-order valence-electron chi connectivity index (χ1n) is 8.69. The second-order valence-electron chi connectivity index (χ2n) is 5.94. The molecule has 2 aromatic rings. The molecule has 0 unspecified atom stereocenters. The van der Waals surface area contributed by atoms with Gasteiger partial charge in [-0.2, -0.15) is 0 Å². The van der Waals surface area contributed by atoms with Crippen molar-refractivity contribution in [3.8, 4) is 17.2 Å². The van der Waals surface area contributed by atoms with Crippen molar-refractivity contribution < 1.29 is 19.0 Å². The highest BCUT2D eigenvalue weighted by Crippen LogP contribution is 2.31. The fourth-order valence-electron chi connectivity index (χ4n) is 2.77. The summed E-state index contributed by atoms with van der Waals surface area (Å²) in [7, 11) is 1.63. The van der Waals surface area contributed by atoms with Crippen molar-refractivity contribution in [1.82, 2.24) is 4.90 Å². The Balaban J connectivity index is 1.67. The molecule has 136 valence electrons. The van der Waals surface area contributed by atoms with E-state index in [9.17, 15) is 4.79 Å². The van der Waals surface area contributed by atoms with Crippen LogP contribution in [0.1, 0.15) is 18.1 Å². The summed E-state index contributed by atoms with van der Waals surface area (Å²) in [5, 5.41) is 0. The molecular weight excluding hydrogens is 330 g/mol. The van der Waals surface area contributed by atoms with Gasteiger partial charge in [0.15, 0.2) is 11.5 Å². The minimum absolute atomic E-state index is 0.0368. The molecule has 5 nitrogen and oxygen atoms in total. The van der Waals surface area contributed by atoms with Crippen LogP contribution in [0.2, 0.25) is 0 Å². The van der Waals surface area contributed by atoms with Crippen molar-refractivity contribution in [1.29, 1.82) is 0 Å². The number of hydrogen-bond acceptors (Lipinski definition) is 4. The summed E-state index contributed by atoms with van der Waals surface area (Å²) in [6, 6.07) is 13.4. The zero-order valence-electron chi connectivity index (χ0n) is 15.1. The predicted octanol–water partition coefficient (Wildman–Crippen LogP) is 3.53. The lowest BCUT2D eigenvalue weighted by Crippen LogP contribution is -2.28. The van der Waals surface area contributed by atoms with Gasteiger partial charge >= 0.3 is 0 Å². The van der Waals surface area contributed by atoms with Crippen molar-refractivity contribution in [2.24, 2.45) is 0 Å². The minimum Gasteiger partial charge on any atom is -0.497 e. The molecule has 0 fully saturated rings. The molecule has 0 aromatic heterocycles. The van der Waals surface area contributed by atoms with Crippen LogP contribution >= 0.6 is 0 Å². The van der Waals surface area contributed by atoms with Crippen LogP contribution in [0.25, 0.3) is 6.08 Å². The molecule has 0 saturated heterocycles. The molecule has 5 heteroatoms. The quantitative estimate of drug-likeness (QED) is 0.746. The maximum Gasteiger partial charge on any atom is 0.246 e. The van der Waals surface area contributed by atoms with E-state index in [0.29, 0.717) is 26.3 Å². The Labute approximate surface area is 153 Å². The molecule has 0 spiro atoms. The molecule has 1 aliphatic rings. The Morgan fingerprint density at radius 3 is 2.73 bits per heavy atom. The van der Waals surface area contributed by atoms with E-state index in [2.05, 4.69) is 0 Å². The van der Waals surface area contributed by atoms with E-state index >= 15 is 0 Å². The summed E-state index contributed by atoms with van der Waals surface area (Å²) in [5.74, 6) is 2.23. The normalized spacial score (nSPS) is 12.8. The van der Waals surface area contributed by atoms with Crippen LogP contribution in [0.4, 0.5) is 0 Å². The molecule has 1 aliphatic heterocycles. The number of rotatable bonds is 6. The monoisotopic (exact) mass is 353 g/mol. The molecule has 0 aliphatic carbocycles. The fourth-order valence-corrected chi connectivity index (χ4v) is 2.77. The first-order valence-corrected chi connectivity index (χ1v) is 8.69. The Hall–Kier alpha value is -2.95. The first-order chi connectivity index (χ1) is 12.7. The molecule has 0 radical (unpaired) electrons. The second-order valence-corrected chi connectivity index (χ2v) is 5.94. The lowest BCUT2D eigenvalue weighted by Gasteiger charge is -2.22.